The first-order chi connectivity index (χ1) is 9.03. The van der Waals surface area contributed by atoms with Crippen LogP contribution in [-0.4, -0.2) is 10.2 Å². The lowest BCUT2D eigenvalue weighted by molar-refractivity contribution is 0.0626. The zero-order chi connectivity index (χ0) is 13.9. The van der Waals surface area contributed by atoms with Gasteiger partial charge >= 0.3 is 0 Å². The van der Waals surface area contributed by atoms with E-state index in [0.717, 1.165) is 11.1 Å². The Balaban J connectivity index is 2.29. The van der Waals surface area contributed by atoms with Gasteiger partial charge in [0.25, 0.3) is 0 Å². The number of hydrogen-bond acceptors (Lipinski definition) is 2. The van der Waals surface area contributed by atoms with Crippen molar-refractivity contribution in [2.75, 3.05) is 0 Å². The molecule has 2 unspecified atom stereocenters. The average molecular weight is 254 g/mol. The molecule has 98 valence electrons. The second-order valence-electron chi connectivity index (χ2n) is 4.78. The molecule has 0 bridgehead atoms. The van der Waals surface area contributed by atoms with E-state index in [4.69, 9.17) is 0 Å². The molecule has 2 nitrogen and oxygen atoms in total. The minimum Gasteiger partial charge on any atom is -0.384 e. The molecule has 0 heterocycles. The summed E-state index contributed by atoms with van der Waals surface area (Å²) in [5.74, 6) is 0. The van der Waals surface area contributed by atoms with Crippen LogP contribution in [0.1, 0.15) is 24.2 Å². The highest BCUT2D eigenvalue weighted by Gasteiger charge is 2.31. The summed E-state index contributed by atoms with van der Waals surface area (Å²) in [5.41, 5.74) is 0.542. The third-order valence-electron chi connectivity index (χ3n) is 3.41. The molecule has 0 radical (unpaired) electrons. The molecule has 2 heteroatoms. The molecule has 2 aromatic carbocycles. The first-order valence-corrected chi connectivity index (χ1v) is 6.23. The largest absolute Gasteiger partial charge is 0.384 e. The monoisotopic (exact) mass is 254 g/mol. The maximum Gasteiger partial charge on any atom is 0.110 e. The lowest BCUT2D eigenvalue weighted by atomic mass is 9.84. The number of rotatable bonds is 4. The van der Waals surface area contributed by atoms with Crippen LogP contribution in [0, 0.1) is 0 Å². The van der Waals surface area contributed by atoms with Crippen LogP contribution in [-0.2, 0) is 5.60 Å². The van der Waals surface area contributed by atoms with Crippen LogP contribution >= 0.6 is 0 Å². The summed E-state index contributed by atoms with van der Waals surface area (Å²) in [4.78, 5) is 0. The summed E-state index contributed by atoms with van der Waals surface area (Å²) in [7, 11) is 0. The van der Waals surface area contributed by atoms with Gasteiger partial charge in [-0.15, -0.1) is 0 Å². The Labute approximate surface area is 113 Å². The Morgan fingerprint density at radius 2 is 1.47 bits per heavy atom. The molecule has 0 spiro atoms. The van der Waals surface area contributed by atoms with Crippen molar-refractivity contribution in [3.8, 4) is 0 Å². The van der Waals surface area contributed by atoms with Gasteiger partial charge in [0.2, 0.25) is 0 Å². The Morgan fingerprint density at radius 1 is 1.00 bits per heavy atom. The molecule has 2 N–H and O–H groups in total. The zero-order valence-corrected chi connectivity index (χ0v) is 11.0. The molecular formula is C17H18O2. The molecule has 0 aliphatic rings. The summed E-state index contributed by atoms with van der Waals surface area (Å²) in [6.07, 6.45) is -0.892. The summed E-state index contributed by atoms with van der Waals surface area (Å²) < 4.78 is 0. The van der Waals surface area contributed by atoms with E-state index < -0.39 is 11.7 Å². The molecule has 0 aliphatic carbocycles. The van der Waals surface area contributed by atoms with Crippen LogP contribution in [0.25, 0.3) is 0 Å². The van der Waals surface area contributed by atoms with E-state index in [1.807, 2.05) is 60.7 Å². The van der Waals surface area contributed by atoms with E-state index in [-0.39, 0.29) is 0 Å². The van der Waals surface area contributed by atoms with E-state index in [1.165, 1.54) is 0 Å². The minimum atomic E-state index is -1.27. The zero-order valence-electron chi connectivity index (χ0n) is 11.0. The predicted molar refractivity (Wildman–Crippen MR) is 76.6 cm³/mol. The van der Waals surface area contributed by atoms with Crippen molar-refractivity contribution < 1.29 is 10.2 Å². The molecule has 0 amide bonds. The van der Waals surface area contributed by atoms with E-state index in [1.54, 1.807) is 6.92 Å². The van der Waals surface area contributed by atoms with Crippen molar-refractivity contribution in [1.82, 2.24) is 0 Å². The smallest absolute Gasteiger partial charge is 0.110 e. The highest BCUT2D eigenvalue weighted by molar-refractivity contribution is 5.36. The van der Waals surface area contributed by atoms with Gasteiger partial charge in [0.1, 0.15) is 11.7 Å². The number of aliphatic hydroxyl groups is 2. The summed E-state index contributed by atoms with van der Waals surface area (Å²) in [6, 6.07) is 18.5. The van der Waals surface area contributed by atoms with Crippen molar-refractivity contribution in [3.05, 3.63) is 83.9 Å². The molecule has 2 aromatic rings. The van der Waals surface area contributed by atoms with Gasteiger partial charge in [0.05, 0.1) is 0 Å². The van der Waals surface area contributed by atoms with Gasteiger partial charge < -0.3 is 10.2 Å². The topological polar surface area (TPSA) is 40.5 Å². The van der Waals surface area contributed by atoms with Crippen LogP contribution < -0.4 is 0 Å². The van der Waals surface area contributed by atoms with Gasteiger partial charge in [-0.05, 0) is 23.6 Å². The van der Waals surface area contributed by atoms with Crippen molar-refractivity contribution in [1.29, 1.82) is 0 Å². The second-order valence-corrected chi connectivity index (χ2v) is 4.78. The molecule has 2 atom stereocenters. The number of hydrogen-bond donors (Lipinski definition) is 2. The Hall–Kier alpha value is -1.90. The standard InChI is InChI=1S/C17H18O2/c1-13(16(18)14-9-5-3-6-10-14)17(2,19)15-11-7-4-8-12-15/h3-12,16,18-19H,1H2,2H3. The predicted octanol–water partition coefficient (Wildman–Crippen LogP) is 3.18. The fraction of sp³-hybridized carbons (Fsp3) is 0.176. The molecule has 2 rings (SSSR count). The molecule has 0 aliphatic heterocycles. The van der Waals surface area contributed by atoms with Crippen molar-refractivity contribution in [2.24, 2.45) is 0 Å². The lowest BCUT2D eigenvalue weighted by Gasteiger charge is -2.29. The van der Waals surface area contributed by atoms with Gasteiger partial charge in [-0.2, -0.15) is 0 Å². The molecular weight excluding hydrogens is 236 g/mol. The van der Waals surface area contributed by atoms with Gasteiger partial charge in [-0.3, -0.25) is 0 Å². The Bertz CT molecular complexity index is 544. The maximum absolute atomic E-state index is 10.6. The Morgan fingerprint density at radius 3 is 2.00 bits per heavy atom. The van der Waals surface area contributed by atoms with Gasteiger partial charge in [-0.1, -0.05) is 67.2 Å². The van der Waals surface area contributed by atoms with E-state index in [2.05, 4.69) is 6.58 Å². The SMILES string of the molecule is C=C(C(O)c1ccccc1)C(C)(O)c1ccccc1. The summed E-state index contributed by atoms with van der Waals surface area (Å²) in [5, 5.41) is 21.0. The van der Waals surface area contributed by atoms with E-state index in [9.17, 15) is 10.2 Å². The normalized spacial score (nSPS) is 15.5. The first kappa shape index (κ1) is 13.5. The van der Waals surface area contributed by atoms with Crippen LogP contribution in [0.5, 0.6) is 0 Å². The summed E-state index contributed by atoms with van der Waals surface area (Å²) in [6.45, 7) is 5.53. The fourth-order valence-electron chi connectivity index (χ4n) is 2.05. The third-order valence-corrected chi connectivity index (χ3v) is 3.41. The quantitative estimate of drug-likeness (QED) is 0.823. The Kier molecular flexibility index (Phi) is 3.84. The van der Waals surface area contributed by atoms with Crippen LogP contribution in [0.4, 0.5) is 0 Å². The van der Waals surface area contributed by atoms with Gasteiger partial charge in [-0.25, -0.2) is 0 Å². The molecule has 19 heavy (non-hydrogen) atoms. The highest BCUT2D eigenvalue weighted by atomic mass is 16.3. The summed E-state index contributed by atoms with van der Waals surface area (Å²) >= 11 is 0. The number of aliphatic hydroxyl groups excluding tert-OH is 1. The molecule has 0 saturated heterocycles. The molecule has 0 aromatic heterocycles. The van der Waals surface area contributed by atoms with Crippen LogP contribution in [0.2, 0.25) is 0 Å². The maximum atomic E-state index is 10.6. The lowest BCUT2D eigenvalue weighted by Crippen LogP contribution is -2.27. The average Bonchev–Trinajstić information content (AvgIpc) is 2.47. The van der Waals surface area contributed by atoms with Crippen LogP contribution in [0.3, 0.4) is 0 Å². The molecule has 0 saturated carbocycles. The molecule has 0 fully saturated rings. The first-order valence-electron chi connectivity index (χ1n) is 6.23. The fourth-order valence-corrected chi connectivity index (χ4v) is 2.05. The van der Waals surface area contributed by atoms with Gasteiger partial charge in [0, 0.05) is 0 Å². The minimum absolute atomic E-state index is 0.366. The van der Waals surface area contributed by atoms with E-state index in [0.29, 0.717) is 5.57 Å². The number of benzene rings is 2. The van der Waals surface area contributed by atoms with Crippen molar-refractivity contribution >= 4 is 0 Å². The van der Waals surface area contributed by atoms with Crippen molar-refractivity contribution in [2.45, 2.75) is 18.6 Å². The second kappa shape index (κ2) is 5.39. The highest BCUT2D eigenvalue weighted by Crippen LogP contribution is 2.35. The van der Waals surface area contributed by atoms with Crippen molar-refractivity contribution in [3.63, 3.8) is 0 Å². The van der Waals surface area contributed by atoms with Crippen LogP contribution in [0.15, 0.2) is 72.8 Å². The third kappa shape index (κ3) is 2.75. The van der Waals surface area contributed by atoms with Gasteiger partial charge in [0.15, 0.2) is 0 Å². The van der Waals surface area contributed by atoms with E-state index >= 15 is 0 Å².